The number of Topliss-reactive ketones (excluding diaryl/α,β-unsaturated/α-hetero) is 2. The lowest BCUT2D eigenvalue weighted by atomic mass is 9.42. The van der Waals surface area contributed by atoms with E-state index in [0.29, 0.717) is 6.42 Å². The van der Waals surface area contributed by atoms with Crippen LogP contribution in [0.3, 0.4) is 0 Å². The van der Waals surface area contributed by atoms with E-state index in [1.165, 1.54) is 48.7 Å². The molecule has 0 aliphatic heterocycles. The Morgan fingerprint density at radius 3 is 1.91 bits per heavy atom. The molecule has 0 aromatic heterocycles. The van der Waals surface area contributed by atoms with Gasteiger partial charge in [0.2, 0.25) is 17.4 Å². The van der Waals surface area contributed by atoms with Gasteiger partial charge in [-0.25, -0.2) is 0 Å². The normalized spacial score (nSPS) is 34.4. The van der Waals surface area contributed by atoms with Crippen LogP contribution in [0.1, 0.15) is 12.8 Å². The van der Waals surface area contributed by atoms with Gasteiger partial charge in [0.05, 0.1) is 24.4 Å². The summed E-state index contributed by atoms with van der Waals surface area (Å²) in [5, 5.41) is 0. The number of ether oxygens (including phenoxy) is 6. The van der Waals surface area contributed by atoms with Gasteiger partial charge in [0.15, 0.2) is 5.76 Å². The zero-order chi connectivity index (χ0) is 23.9. The van der Waals surface area contributed by atoms with Gasteiger partial charge in [0.25, 0.3) is 5.78 Å². The second-order valence-electron chi connectivity index (χ2n) is 8.19. The van der Waals surface area contributed by atoms with Crippen LogP contribution in [0.2, 0.25) is 0 Å². The minimum absolute atomic E-state index is 0.0550. The molecule has 8 heteroatoms. The smallest absolute Gasteiger partial charge is 0.256 e. The topological polar surface area (TPSA) is 89.5 Å². The van der Waals surface area contributed by atoms with Crippen molar-refractivity contribution < 1.29 is 38.0 Å². The molecule has 0 saturated heterocycles. The summed E-state index contributed by atoms with van der Waals surface area (Å²) in [5.74, 6) is -6.13. The van der Waals surface area contributed by atoms with Crippen LogP contribution in [-0.2, 0) is 38.0 Å². The number of hydrogen-bond acceptors (Lipinski definition) is 8. The lowest BCUT2D eigenvalue weighted by molar-refractivity contribution is -0.335. The monoisotopic (exact) mass is 448 g/mol. The Kier molecular flexibility index (Phi) is 6.40. The highest BCUT2D eigenvalue weighted by atomic mass is 16.7. The Bertz CT molecular complexity index is 878. The molecule has 1 fully saturated rings. The van der Waals surface area contributed by atoms with Gasteiger partial charge in [0, 0.05) is 35.5 Å². The SMILES string of the molecule is C=CCC1=CC2(OC)C1C(OC)(OC)C(=O)C1(CC=C)C=C(OC)C(=O)C(OC)(OC)C12. The van der Waals surface area contributed by atoms with Crippen molar-refractivity contribution in [3.8, 4) is 0 Å². The quantitative estimate of drug-likeness (QED) is 0.372. The first-order valence-corrected chi connectivity index (χ1v) is 10.3. The van der Waals surface area contributed by atoms with E-state index >= 15 is 0 Å². The summed E-state index contributed by atoms with van der Waals surface area (Å²) < 4.78 is 34.8. The van der Waals surface area contributed by atoms with Gasteiger partial charge in [-0.05, 0) is 18.9 Å². The predicted molar refractivity (Wildman–Crippen MR) is 115 cm³/mol. The number of rotatable bonds is 10. The molecule has 3 aliphatic rings. The van der Waals surface area contributed by atoms with Gasteiger partial charge < -0.3 is 28.4 Å². The van der Waals surface area contributed by atoms with Crippen molar-refractivity contribution in [3.05, 3.63) is 48.8 Å². The molecule has 3 rings (SSSR count). The average molecular weight is 449 g/mol. The summed E-state index contributed by atoms with van der Waals surface area (Å²) in [4.78, 5) is 28.0. The van der Waals surface area contributed by atoms with E-state index in [0.717, 1.165) is 5.57 Å². The van der Waals surface area contributed by atoms with Crippen LogP contribution in [0.15, 0.2) is 48.8 Å². The predicted octanol–water partition coefficient (Wildman–Crippen LogP) is 2.36. The zero-order valence-corrected chi connectivity index (χ0v) is 19.6. The maximum Gasteiger partial charge on any atom is 0.256 e. The number of ketones is 2. The molecule has 4 unspecified atom stereocenters. The molecule has 0 aromatic rings. The minimum Gasteiger partial charge on any atom is -0.493 e. The molecule has 0 aromatic carbocycles. The molecular weight excluding hydrogens is 416 g/mol. The highest BCUT2D eigenvalue weighted by molar-refractivity contribution is 6.06. The molecule has 8 nitrogen and oxygen atoms in total. The van der Waals surface area contributed by atoms with Crippen molar-refractivity contribution in [2.45, 2.75) is 30.0 Å². The van der Waals surface area contributed by atoms with Crippen molar-refractivity contribution in [2.75, 3.05) is 42.7 Å². The number of allylic oxidation sites excluding steroid dienone is 3. The third kappa shape index (κ3) is 2.61. The summed E-state index contributed by atoms with van der Waals surface area (Å²) in [6.07, 6.45) is 7.37. The maximum absolute atomic E-state index is 14.4. The molecule has 4 atom stereocenters. The van der Waals surface area contributed by atoms with E-state index in [1.807, 2.05) is 6.08 Å². The molecule has 0 spiro atoms. The van der Waals surface area contributed by atoms with Gasteiger partial charge >= 0.3 is 0 Å². The fraction of sp³-hybridized carbons (Fsp3) is 0.583. The molecular formula is C24H32O8. The Morgan fingerprint density at radius 1 is 0.875 bits per heavy atom. The number of hydrogen-bond donors (Lipinski definition) is 0. The first-order chi connectivity index (χ1) is 15.2. The molecule has 0 amide bonds. The standard InChI is InChI=1S/C24H32O8/c1-9-11-15-13-22(28-4)17(15)23(29-5,30-6)20(26)21(12-10-2)14-16(27-3)18(25)24(31-7,32-8)19(21)22/h9-10,13-14,17,19H,1-2,11-12H2,3-8H3. The number of carbonyl (C=O) groups is 2. The van der Waals surface area contributed by atoms with Crippen LogP contribution >= 0.6 is 0 Å². The second-order valence-corrected chi connectivity index (χ2v) is 8.19. The van der Waals surface area contributed by atoms with Crippen LogP contribution in [0, 0.1) is 17.3 Å². The lowest BCUT2D eigenvalue weighted by Crippen LogP contribution is -2.81. The van der Waals surface area contributed by atoms with Gasteiger partial charge in [0.1, 0.15) is 5.60 Å². The molecule has 0 heterocycles. The van der Waals surface area contributed by atoms with Crippen LogP contribution in [-0.4, -0.2) is 71.4 Å². The molecule has 176 valence electrons. The van der Waals surface area contributed by atoms with E-state index in [9.17, 15) is 9.59 Å². The van der Waals surface area contributed by atoms with Crippen LogP contribution in [0.5, 0.6) is 0 Å². The zero-order valence-electron chi connectivity index (χ0n) is 19.6. The van der Waals surface area contributed by atoms with Crippen molar-refractivity contribution in [1.29, 1.82) is 0 Å². The highest BCUT2D eigenvalue weighted by Crippen LogP contribution is 2.68. The number of fused-ring (bicyclic) bond motifs is 3. The first-order valence-electron chi connectivity index (χ1n) is 10.3. The second kappa shape index (κ2) is 8.35. The van der Waals surface area contributed by atoms with Crippen molar-refractivity contribution in [1.82, 2.24) is 0 Å². The van der Waals surface area contributed by atoms with Gasteiger partial charge in [-0.3, -0.25) is 9.59 Å². The van der Waals surface area contributed by atoms with Crippen LogP contribution in [0.25, 0.3) is 0 Å². The average Bonchev–Trinajstić information content (AvgIpc) is 2.80. The molecule has 0 radical (unpaired) electrons. The molecule has 3 aliphatic carbocycles. The van der Waals surface area contributed by atoms with Crippen LogP contribution in [0.4, 0.5) is 0 Å². The van der Waals surface area contributed by atoms with E-state index in [2.05, 4.69) is 13.2 Å². The Balaban J connectivity index is 2.50. The van der Waals surface area contributed by atoms with Crippen molar-refractivity contribution in [3.63, 3.8) is 0 Å². The van der Waals surface area contributed by atoms with E-state index in [-0.39, 0.29) is 12.2 Å². The summed E-state index contributed by atoms with van der Waals surface area (Å²) in [6.45, 7) is 7.67. The summed E-state index contributed by atoms with van der Waals surface area (Å²) in [6, 6.07) is 0. The molecule has 0 N–H and O–H groups in total. The van der Waals surface area contributed by atoms with Gasteiger partial charge in [-0.2, -0.15) is 0 Å². The Morgan fingerprint density at radius 2 is 1.47 bits per heavy atom. The first kappa shape index (κ1) is 24.5. The minimum atomic E-state index is -1.86. The van der Waals surface area contributed by atoms with E-state index in [1.54, 1.807) is 12.2 Å². The van der Waals surface area contributed by atoms with Crippen molar-refractivity contribution in [2.24, 2.45) is 17.3 Å². The van der Waals surface area contributed by atoms with E-state index in [4.69, 9.17) is 28.4 Å². The van der Waals surface area contributed by atoms with Gasteiger partial charge in [-0.15, -0.1) is 13.2 Å². The molecule has 0 bridgehead atoms. The lowest BCUT2D eigenvalue weighted by Gasteiger charge is -2.67. The summed E-state index contributed by atoms with van der Waals surface area (Å²) in [5.41, 5.74) is -1.75. The number of carbonyl (C=O) groups excluding carboxylic acids is 2. The number of methoxy groups -OCH3 is 6. The van der Waals surface area contributed by atoms with E-state index < -0.39 is 46.0 Å². The van der Waals surface area contributed by atoms with Crippen LogP contribution < -0.4 is 0 Å². The third-order valence-electron chi connectivity index (χ3n) is 7.28. The Hall–Kier alpha value is -2.10. The van der Waals surface area contributed by atoms with Gasteiger partial charge in [-0.1, -0.05) is 23.8 Å². The summed E-state index contributed by atoms with van der Waals surface area (Å²) in [7, 11) is 8.45. The third-order valence-corrected chi connectivity index (χ3v) is 7.28. The molecule has 32 heavy (non-hydrogen) atoms. The van der Waals surface area contributed by atoms with Crippen molar-refractivity contribution >= 4 is 11.6 Å². The molecule has 1 saturated carbocycles. The fourth-order valence-corrected chi connectivity index (χ4v) is 6.12. The highest BCUT2D eigenvalue weighted by Gasteiger charge is 2.82. The largest absolute Gasteiger partial charge is 0.493 e. The Labute approximate surface area is 188 Å². The maximum atomic E-state index is 14.4. The summed E-state index contributed by atoms with van der Waals surface area (Å²) >= 11 is 0. The fourth-order valence-electron chi connectivity index (χ4n) is 6.12.